The van der Waals surface area contributed by atoms with Crippen LogP contribution < -0.4 is 15.6 Å². The van der Waals surface area contributed by atoms with Crippen LogP contribution in [-0.2, 0) is 34.6 Å². The summed E-state index contributed by atoms with van der Waals surface area (Å²) < 4.78 is 31.7. The van der Waals surface area contributed by atoms with Crippen molar-refractivity contribution < 1.29 is 27.5 Å². The number of nitrogens with one attached hydrogen (secondary N) is 3. The summed E-state index contributed by atoms with van der Waals surface area (Å²) in [5, 5.41) is 0. The quantitative estimate of drug-likeness (QED) is 0.468. The fraction of sp³-hybridized carbons (Fsp3) is 0.471. The van der Waals surface area contributed by atoms with Crippen molar-refractivity contribution in [3.63, 3.8) is 0 Å². The predicted octanol–water partition coefficient (Wildman–Crippen LogP) is 0.361. The largest absolute Gasteiger partial charge is 0.454 e. The van der Waals surface area contributed by atoms with E-state index in [1.165, 1.54) is 26.0 Å². The van der Waals surface area contributed by atoms with Gasteiger partial charge in [0, 0.05) is 6.92 Å². The zero-order valence-corrected chi connectivity index (χ0v) is 16.8. The Hall–Kier alpha value is -2.46. The Balaban J connectivity index is 2.66. The van der Waals surface area contributed by atoms with Gasteiger partial charge in [0.1, 0.15) is 6.04 Å². The molecule has 3 N–H and O–H groups in total. The van der Waals surface area contributed by atoms with Crippen molar-refractivity contribution in [3.05, 3.63) is 29.8 Å². The molecule has 9 nitrogen and oxygen atoms in total. The van der Waals surface area contributed by atoms with E-state index < -0.39 is 40.5 Å². The van der Waals surface area contributed by atoms with E-state index in [4.69, 9.17) is 4.74 Å². The molecule has 0 aromatic heterocycles. The molecule has 1 aromatic rings. The highest BCUT2D eigenvalue weighted by Crippen LogP contribution is 2.23. The van der Waals surface area contributed by atoms with Gasteiger partial charge in [0.05, 0.1) is 4.90 Å². The minimum atomic E-state index is -3.94. The summed E-state index contributed by atoms with van der Waals surface area (Å²) in [7, 11) is -3.94. The number of ether oxygens (including phenoxy) is 1. The Bertz CT molecular complexity index is 797. The molecule has 1 aromatic carbocycles. The average molecular weight is 399 g/mol. The number of carbonyl (C=O) groups excluding carboxylic acids is 3. The third-order valence-electron chi connectivity index (χ3n) is 3.44. The summed E-state index contributed by atoms with van der Waals surface area (Å²) in [4.78, 5) is 33.9. The fourth-order valence-electron chi connectivity index (χ4n) is 1.94. The van der Waals surface area contributed by atoms with E-state index in [2.05, 4.69) is 4.72 Å². The van der Waals surface area contributed by atoms with Gasteiger partial charge in [-0.25, -0.2) is 8.42 Å². The molecule has 1 atom stereocenters. The van der Waals surface area contributed by atoms with E-state index in [0.717, 1.165) is 5.56 Å². The minimum Gasteiger partial charge on any atom is -0.454 e. The van der Waals surface area contributed by atoms with E-state index >= 15 is 0 Å². The summed E-state index contributed by atoms with van der Waals surface area (Å²) in [6.45, 7) is 7.86. The molecular weight excluding hydrogens is 374 g/mol. The van der Waals surface area contributed by atoms with Crippen LogP contribution in [0.25, 0.3) is 0 Å². The van der Waals surface area contributed by atoms with Crippen LogP contribution in [0.3, 0.4) is 0 Å². The zero-order valence-electron chi connectivity index (χ0n) is 16.0. The van der Waals surface area contributed by atoms with Crippen LogP contribution >= 0.6 is 0 Å². The molecule has 0 heterocycles. The third-order valence-corrected chi connectivity index (χ3v) is 5.00. The standard InChI is InChI=1S/C17H25N3O6S/c1-11(16(23)26-10-15(22)19-18-12(2)21)20-27(24,25)14-8-6-13(7-9-14)17(3,4)5/h6-9,11,20H,10H2,1-5H3,(H,18,21)(H,19,22)/t11-/m0/s1. The van der Waals surface area contributed by atoms with Crippen molar-refractivity contribution in [1.29, 1.82) is 0 Å². The molecule has 0 saturated heterocycles. The number of hydrogen-bond donors (Lipinski definition) is 3. The first-order chi connectivity index (χ1) is 12.3. The second kappa shape index (κ2) is 8.96. The van der Waals surface area contributed by atoms with Gasteiger partial charge in [0.2, 0.25) is 15.9 Å². The lowest BCUT2D eigenvalue weighted by molar-refractivity contribution is -0.150. The van der Waals surface area contributed by atoms with Crippen molar-refractivity contribution >= 4 is 27.8 Å². The van der Waals surface area contributed by atoms with Gasteiger partial charge >= 0.3 is 5.97 Å². The van der Waals surface area contributed by atoms with Crippen LogP contribution in [0.15, 0.2) is 29.2 Å². The second-order valence-electron chi connectivity index (χ2n) is 6.95. The first-order valence-electron chi connectivity index (χ1n) is 8.18. The molecule has 0 unspecified atom stereocenters. The molecule has 0 aliphatic heterocycles. The monoisotopic (exact) mass is 399 g/mol. The Morgan fingerprint density at radius 3 is 2.11 bits per heavy atom. The van der Waals surface area contributed by atoms with Gasteiger partial charge in [-0.3, -0.25) is 25.2 Å². The topological polar surface area (TPSA) is 131 Å². The number of hydrazine groups is 1. The van der Waals surface area contributed by atoms with Crippen molar-refractivity contribution in [3.8, 4) is 0 Å². The van der Waals surface area contributed by atoms with Crippen LogP contribution in [0.5, 0.6) is 0 Å². The van der Waals surface area contributed by atoms with Crippen molar-refractivity contribution in [2.24, 2.45) is 0 Å². The number of hydrogen-bond acceptors (Lipinski definition) is 6. The van der Waals surface area contributed by atoms with E-state index in [9.17, 15) is 22.8 Å². The van der Waals surface area contributed by atoms with Gasteiger partial charge in [-0.05, 0) is 30.0 Å². The lowest BCUT2D eigenvalue weighted by Gasteiger charge is -2.19. The lowest BCUT2D eigenvalue weighted by Crippen LogP contribution is -2.44. The normalized spacial score (nSPS) is 12.8. The van der Waals surface area contributed by atoms with Crippen LogP contribution in [0.2, 0.25) is 0 Å². The minimum absolute atomic E-state index is 0.0125. The molecule has 150 valence electrons. The van der Waals surface area contributed by atoms with E-state index in [0.29, 0.717) is 0 Å². The van der Waals surface area contributed by atoms with Crippen LogP contribution in [0.1, 0.15) is 40.2 Å². The van der Waals surface area contributed by atoms with Gasteiger partial charge in [0.15, 0.2) is 6.61 Å². The van der Waals surface area contributed by atoms with E-state index in [-0.39, 0.29) is 10.3 Å². The molecular formula is C17H25N3O6S. The highest BCUT2D eigenvalue weighted by atomic mass is 32.2. The van der Waals surface area contributed by atoms with Crippen LogP contribution in [0, 0.1) is 0 Å². The third kappa shape index (κ3) is 7.35. The van der Waals surface area contributed by atoms with Gasteiger partial charge in [-0.15, -0.1) is 0 Å². The summed E-state index contributed by atoms with van der Waals surface area (Å²) in [5.74, 6) is -2.18. The maximum absolute atomic E-state index is 12.4. The Kier molecular flexibility index (Phi) is 7.49. The summed E-state index contributed by atoms with van der Waals surface area (Å²) in [6.07, 6.45) is 0. The molecule has 0 saturated carbocycles. The molecule has 0 fully saturated rings. The molecule has 10 heteroatoms. The molecule has 2 amide bonds. The summed E-state index contributed by atoms with van der Waals surface area (Å²) in [5.41, 5.74) is 4.90. The van der Waals surface area contributed by atoms with Gasteiger partial charge in [-0.1, -0.05) is 32.9 Å². The van der Waals surface area contributed by atoms with E-state index in [1.54, 1.807) is 12.1 Å². The van der Waals surface area contributed by atoms with E-state index in [1.807, 2.05) is 31.6 Å². The number of esters is 1. The smallest absolute Gasteiger partial charge is 0.324 e. The number of carbonyl (C=O) groups is 3. The van der Waals surface area contributed by atoms with Crippen LogP contribution in [-0.4, -0.2) is 38.9 Å². The molecule has 27 heavy (non-hydrogen) atoms. The Morgan fingerprint density at radius 2 is 1.63 bits per heavy atom. The molecule has 0 spiro atoms. The number of benzene rings is 1. The second-order valence-corrected chi connectivity index (χ2v) is 8.67. The number of amides is 2. The van der Waals surface area contributed by atoms with Gasteiger partial charge in [0.25, 0.3) is 5.91 Å². The SMILES string of the molecule is CC(=O)NNC(=O)COC(=O)[C@H](C)NS(=O)(=O)c1ccc(C(C)(C)C)cc1. The Morgan fingerprint density at radius 1 is 1.07 bits per heavy atom. The van der Waals surface area contributed by atoms with Crippen molar-refractivity contribution in [2.45, 2.75) is 51.0 Å². The molecule has 0 aliphatic rings. The highest BCUT2D eigenvalue weighted by molar-refractivity contribution is 7.89. The van der Waals surface area contributed by atoms with Crippen molar-refractivity contribution in [2.75, 3.05) is 6.61 Å². The number of sulfonamides is 1. The number of rotatable bonds is 6. The maximum Gasteiger partial charge on any atom is 0.324 e. The van der Waals surface area contributed by atoms with Gasteiger partial charge in [-0.2, -0.15) is 4.72 Å². The lowest BCUT2D eigenvalue weighted by atomic mass is 9.87. The van der Waals surface area contributed by atoms with Crippen molar-refractivity contribution in [1.82, 2.24) is 15.6 Å². The van der Waals surface area contributed by atoms with Gasteiger partial charge < -0.3 is 4.74 Å². The highest BCUT2D eigenvalue weighted by Gasteiger charge is 2.24. The zero-order chi connectivity index (χ0) is 20.8. The first-order valence-corrected chi connectivity index (χ1v) is 9.66. The average Bonchev–Trinajstić information content (AvgIpc) is 2.56. The first kappa shape index (κ1) is 22.6. The summed E-state index contributed by atoms with van der Waals surface area (Å²) in [6, 6.07) is 5.14. The molecule has 0 radical (unpaired) electrons. The maximum atomic E-state index is 12.4. The Labute approximate surface area is 158 Å². The summed E-state index contributed by atoms with van der Waals surface area (Å²) >= 11 is 0. The molecule has 1 rings (SSSR count). The fourth-order valence-corrected chi connectivity index (χ4v) is 3.13. The predicted molar refractivity (Wildman–Crippen MR) is 97.8 cm³/mol. The van der Waals surface area contributed by atoms with Crippen LogP contribution in [0.4, 0.5) is 0 Å². The molecule has 0 bridgehead atoms. The molecule has 0 aliphatic carbocycles.